The third-order valence-corrected chi connectivity index (χ3v) is 14.9. The van der Waals surface area contributed by atoms with E-state index < -0.39 is 8.32 Å². The maximum absolute atomic E-state index is 13.3. The third kappa shape index (κ3) is 5.94. The van der Waals surface area contributed by atoms with Gasteiger partial charge >= 0.3 is 0 Å². The molecular formula is C23H44O3Si2. The highest BCUT2D eigenvalue weighted by Gasteiger charge is 2.59. The number of hydrogen-bond acceptors (Lipinski definition) is 3. The van der Waals surface area contributed by atoms with Crippen molar-refractivity contribution in [1.82, 2.24) is 0 Å². The van der Waals surface area contributed by atoms with Crippen LogP contribution in [0.2, 0.25) is 22.2 Å². The molecule has 0 aromatic carbocycles. The van der Waals surface area contributed by atoms with E-state index in [4.69, 9.17) is 8.85 Å². The average Bonchev–Trinajstić information content (AvgIpc) is 2.66. The topological polar surface area (TPSA) is 35.5 Å². The van der Waals surface area contributed by atoms with Crippen molar-refractivity contribution in [3.63, 3.8) is 0 Å². The second-order valence-electron chi connectivity index (χ2n) is 10.6. The normalized spacial score (nSPS) is 21.7. The molecule has 0 bridgehead atoms. The van der Waals surface area contributed by atoms with Gasteiger partial charge in [0.05, 0.1) is 5.92 Å². The van der Waals surface area contributed by atoms with E-state index in [9.17, 15) is 4.79 Å². The summed E-state index contributed by atoms with van der Waals surface area (Å²) in [6, 6.07) is 0.793. The molecule has 0 aliphatic heterocycles. The van der Waals surface area contributed by atoms with Crippen LogP contribution in [0.5, 0.6) is 0 Å². The van der Waals surface area contributed by atoms with Crippen molar-refractivity contribution in [2.75, 3.05) is 0 Å². The first-order valence-electron chi connectivity index (χ1n) is 11.8. The van der Waals surface area contributed by atoms with Gasteiger partial charge < -0.3 is 8.85 Å². The zero-order chi connectivity index (χ0) is 20.8. The van der Waals surface area contributed by atoms with E-state index in [0.717, 1.165) is 6.04 Å². The summed E-state index contributed by atoms with van der Waals surface area (Å²) < 4.78 is 12.6. The van der Waals surface area contributed by atoms with Crippen molar-refractivity contribution < 1.29 is 13.6 Å². The Morgan fingerprint density at radius 2 is 1.39 bits per heavy atom. The van der Waals surface area contributed by atoms with E-state index in [1.54, 1.807) is 0 Å². The summed E-state index contributed by atoms with van der Waals surface area (Å²) in [6.07, 6.45) is 13.3. The van der Waals surface area contributed by atoms with Crippen molar-refractivity contribution in [2.45, 2.75) is 134 Å². The summed E-state index contributed by atoms with van der Waals surface area (Å²) in [4.78, 5) is 13.3. The number of carbonyl (C=O) groups excluding carboxylic acids is 1. The number of carbonyl (C=O) groups is 1. The minimum absolute atomic E-state index is 0.0570. The van der Waals surface area contributed by atoms with Crippen LogP contribution in [0, 0.1) is 5.92 Å². The lowest BCUT2D eigenvalue weighted by Gasteiger charge is -2.53. The summed E-state index contributed by atoms with van der Waals surface area (Å²) in [5.41, 5.74) is 1.30. The van der Waals surface area contributed by atoms with Gasteiger partial charge in [-0.3, -0.25) is 4.79 Å². The second kappa shape index (κ2) is 10.8. The van der Waals surface area contributed by atoms with E-state index in [1.165, 1.54) is 64.2 Å². The summed E-state index contributed by atoms with van der Waals surface area (Å²) in [5, 5.41) is 0.100. The minimum atomic E-state index is -2.27. The largest absolute Gasteiger partial charge is 0.518 e. The zero-order valence-electron chi connectivity index (χ0n) is 19.3. The fourth-order valence-corrected chi connectivity index (χ4v) is 13.3. The summed E-state index contributed by atoms with van der Waals surface area (Å²) >= 11 is 0. The first kappa shape index (κ1) is 24.1. The molecule has 0 N–H and O–H groups in total. The SMILES string of the molecule is CC(C)O[Si]CC(C)C(=O)O[Si](C1CCCCC1)(C1CCCCC1)C(C)(C)C. The van der Waals surface area contributed by atoms with Crippen LogP contribution >= 0.6 is 0 Å². The summed E-state index contributed by atoms with van der Waals surface area (Å²) in [6.45, 7) is 13.3. The monoisotopic (exact) mass is 424 g/mol. The smallest absolute Gasteiger partial charge is 0.295 e. The predicted molar refractivity (Wildman–Crippen MR) is 121 cm³/mol. The highest BCUT2D eigenvalue weighted by atomic mass is 28.4. The molecule has 0 amide bonds. The molecule has 162 valence electrons. The van der Waals surface area contributed by atoms with Gasteiger partial charge in [0.25, 0.3) is 14.3 Å². The molecular weight excluding hydrogens is 380 g/mol. The van der Waals surface area contributed by atoms with Crippen LogP contribution < -0.4 is 0 Å². The first-order valence-corrected chi connectivity index (χ1v) is 15.0. The van der Waals surface area contributed by atoms with Crippen LogP contribution in [-0.2, 0) is 13.6 Å². The van der Waals surface area contributed by atoms with Crippen LogP contribution in [0.4, 0.5) is 0 Å². The number of rotatable bonds is 8. The number of hydrogen-bond donors (Lipinski definition) is 0. The molecule has 1 unspecified atom stereocenters. The summed E-state index contributed by atoms with van der Waals surface area (Å²) in [7, 11) is -1.88. The van der Waals surface area contributed by atoms with Gasteiger partial charge in [-0.2, -0.15) is 0 Å². The molecule has 2 radical (unpaired) electrons. The van der Waals surface area contributed by atoms with Crippen LogP contribution in [0.1, 0.15) is 106 Å². The molecule has 0 aromatic heterocycles. The van der Waals surface area contributed by atoms with Crippen molar-refractivity contribution >= 4 is 24.0 Å². The molecule has 0 aromatic rings. The maximum atomic E-state index is 13.3. The van der Waals surface area contributed by atoms with E-state index in [2.05, 4.69) is 34.6 Å². The second-order valence-corrected chi connectivity index (χ2v) is 16.4. The molecule has 0 heterocycles. The average molecular weight is 425 g/mol. The molecule has 3 nitrogen and oxygen atoms in total. The lowest BCUT2D eigenvalue weighted by atomic mass is 9.99. The molecule has 1 atom stereocenters. The van der Waals surface area contributed by atoms with Crippen molar-refractivity contribution in [1.29, 1.82) is 0 Å². The van der Waals surface area contributed by atoms with Gasteiger partial charge in [-0.1, -0.05) is 66.2 Å². The lowest BCUT2D eigenvalue weighted by Crippen LogP contribution is -2.57. The van der Waals surface area contributed by atoms with E-state index in [0.29, 0.717) is 20.8 Å². The van der Waals surface area contributed by atoms with E-state index >= 15 is 0 Å². The van der Waals surface area contributed by atoms with Crippen LogP contribution in [0.25, 0.3) is 0 Å². The Balaban J connectivity index is 2.24. The quantitative estimate of drug-likeness (QED) is 0.392. The Morgan fingerprint density at radius 3 is 1.79 bits per heavy atom. The van der Waals surface area contributed by atoms with Gasteiger partial charge in [-0.15, -0.1) is 0 Å². The zero-order valence-corrected chi connectivity index (χ0v) is 21.3. The standard InChI is InChI=1S/C23H44O3Si2/c1-18(2)25-27-17-19(3)22(24)26-28(23(4,5)6,20-13-9-7-10-14-20)21-15-11-8-12-16-21/h18-21H,7-17H2,1-6H3. The van der Waals surface area contributed by atoms with Gasteiger partial charge in [-0.05, 0) is 61.7 Å². The molecule has 0 saturated heterocycles. The highest BCUT2D eigenvalue weighted by Crippen LogP contribution is 2.59. The van der Waals surface area contributed by atoms with Crippen LogP contribution in [0.15, 0.2) is 0 Å². The van der Waals surface area contributed by atoms with Crippen molar-refractivity contribution in [3.05, 3.63) is 0 Å². The van der Waals surface area contributed by atoms with Crippen molar-refractivity contribution in [3.8, 4) is 0 Å². The Morgan fingerprint density at radius 1 is 0.929 bits per heavy atom. The predicted octanol–water partition coefficient (Wildman–Crippen LogP) is 7.04. The Hall–Kier alpha value is -0.136. The Bertz CT molecular complexity index is 457. The van der Waals surface area contributed by atoms with Gasteiger partial charge in [0.1, 0.15) is 0 Å². The van der Waals surface area contributed by atoms with Crippen LogP contribution in [-0.4, -0.2) is 30.2 Å². The highest BCUT2D eigenvalue weighted by molar-refractivity contribution is 6.80. The third-order valence-electron chi connectivity index (χ3n) is 6.98. The fraction of sp³-hybridized carbons (Fsp3) is 0.957. The fourth-order valence-electron chi connectivity index (χ4n) is 5.63. The Labute approximate surface area is 177 Å². The van der Waals surface area contributed by atoms with Gasteiger partial charge in [0, 0.05) is 6.10 Å². The van der Waals surface area contributed by atoms with Gasteiger partial charge in [-0.25, -0.2) is 0 Å². The molecule has 2 aliphatic rings. The van der Waals surface area contributed by atoms with Crippen LogP contribution in [0.3, 0.4) is 0 Å². The summed E-state index contributed by atoms with van der Waals surface area (Å²) in [5.74, 6) is 0.0103. The molecule has 2 saturated carbocycles. The molecule has 2 fully saturated rings. The maximum Gasteiger partial charge on any atom is 0.295 e. The molecule has 28 heavy (non-hydrogen) atoms. The Kier molecular flexibility index (Phi) is 9.28. The molecule has 2 rings (SSSR count). The molecule has 5 heteroatoms. The molecule has 0 spiro atoms. The van der Waals surface area contributed by atoms with Gasteiger partial charge in [0.2, 0.25) is 9.76 Å². The first-order chi connectivity index (χ1) is 13.2. The van der Waals surface area contributed by atoms with Gasteiger partial charge in [0.15, 0.2) is 0 Å². The minimum Gasteiger partial charge on any atom is -0.518 e. The lowest BCUT2D eigenvalue weighted by molar-refractivity contribution is -0.139. The van der Waals surface area contributed by atoms with E-state index in [1.807, 2.05) is 6.92 Å². The molecule has 2 aliphatic carbocycles. The van der Waals surface area contributed by atoms with Crippen molar-refractivity contribution in [2.24, 2.45) is 5.92 Å². The van der Waals surface area contributed by atoms with E-state index in [-0.39, 0.29) is 23.0 Å².